The third kappa shape index (κ3) is 4.21. The van der Waals surface area contributed by atoms with Crippen molar-refractivity contribution >= 4 is 11.9 Å². The van der Waals surface area contributed by atoms with Gasteiger partial charge in [0.25, 0.3) is 0 Å². The monoisotopic (exact) mass is 340 g/mol. The first-order chi connectivity index (χ1) is 12.2. The lowest BCUT2D eigenvalue weighted by atomic mass is 9.88. The van der Waals surface area contributed by atoms with Crippen molar-refractivity contribution in [1.29, 1.82) is 5.26 Å². The highest BCUT2D eigenvalue weighted by atomic mass is 19.1. The van der Waals surface area contributed by atoms with Crippen molar-refractivity contribution < 1.29 is 4.39 Å². The second-order valence-electron chi connectivity index (χ2n) is 6.08. The van der Waals surface area contributed by atoms with Crippen LogP contribution >= 0.6 is 0 Å². The van der Waals surface area contributed by atoms with Gasteiger partial charge in [-0.3, -0.25) is 0 Å². The summed E-state index contributed by atoms with van der Waals surface area (Å²) in [5, 5.41) is 14.9. The van der Waals surface area contributed by atoms with E-state index in [2.05, 4.69) is 37.7 Å². The van der Waals surface area contributed by atoms with Gasteiger partial charge in [0.05, 0.1) is 18.5 Å². The normalized spacial score (nSPS) is 17.2. The van der Waals surface area contributed by atoms with Crippen LogP contribution in [-0.2, 0) is 6.42 Å². The quantitative estimate of drug-likeness (QED) is 0.780. The Morgan fingerprint density at radius 3 is 2.88 bits per heavy atom. The number of nitrogens with one attached hydrogen (secondary N) is 2. The van der Waals surface area contributed by atoms with Crippen LogP contribution in [0.3, 0.4) is 0 Å². The summed E-state index contributed by atoms with van der Waals surface area (Å²) >= 11 is 0. The van der Waals surface area contributed by atoms with Crippen LogP contribution in [0.25, 0.3) is 0 Å². The van der Waals surface area contributed by atoms with Crippen molar-refractivity contribution in [3.63, 3.8) is 0 Å². The van der Waals surface area contributed by atoms with E-state index >= 15 is 0 Å². The summed E-state index contributed by atoms with van der Waals surface area (Å²) in [5.74, 6) is 0.730. The number of benzene rings is 1. The zero-order valence-corrected chi connectivity index (χ0v) is 14.2. The Hall–Kier alpha value is -2.75. The highest BCUT2D eigenvalue weighted by Gasteiger charge is 2.21. The van der Waals surface area contributed by atoms with Gasteiger partial charge in [-0.15, -0.1) is 0 Å². The molecule has 0 unspecified atom stereocenters. The maximum absolute atomic E-state index is 13.7. The molecule has 3 rings (SSSR count). The van der Waals surface area contributed by atoms with Gasteiger partial charge in [-0.2, -0.15) is 20.2 Å². The number of fused-ring (bicyclic) bond motifs is 1. The van der Waals surface area contributed by atoms with Gasteiger partial charge >= 0.3 is 0 Å². The molecule has 0 aliphatic heterocycles. The number of halogens is 1. The lowest BCUT2D eigenvalue weighted by Crippen LogP contribution is -2.20. The second-order valence-corrected chi connectivity index (χ2v) is 6.08. The highest BCUT2D eigenvalue weighted by Crippen LogP contribution is 2.31. The van der Waals surface area contributed by atoms with Crippen LogP contribution in [0, 0.1) is 11.3 Å². The molecule has 0 fully saturated rings. The number of hydrogen-bond acceptors (Lipinski definition) is 6. The first kappa shape index (κ1) is 17.1. The first-order valence-electron chi connectivity index (χ1n) is 8.52. The van der Waals surface area contributed by atoms with Crippen LogP contribution in [0.1, 0.15) is 55.4 Å². The number of anilines is 2. The summed E-state index contributed by atoms with van der Waals surface area (Å²) in [6, 6.07) is 10.5. The van der Waals surface area contributed by atoms with E-state index in [0.29, 0.717) is 18.9 Å². The molecule has 0 radical (unpaired) electrons. The lowest BCUT2D eigenvalue weighted by molar-refractivity contribution is 0.356. The van der Waals surface area contributed by atoms with E-state index < -0.39 is 6.17 Å². The molecule has 2 N–H and O–H groups in total. The summed E-state index contributed by atoms with van der Waals surface area (Å²) in [6.45, 7) is 1.81. The van der Waals surface area contributed by atoms with Crippen molar-refractivity contribution in [2.75, 3.05) is 17.2 Å². The van der Waals surface area contributed by atoms with Gasteiger partial charge in [0, 0.05) is 6.54 Å². The standard InChI is InChI=1S/C18H21FN6/c1-12(19)16-23-17(21-11-5-10-20)25-18(24-16)22-15-9-4-7-13-6-2-3-8-14(13)15/h2-3,6,8,12,15H,4-5,7,9,11H2,1H3,(H2,21,22,23,24,25)/t12-,15-/m1/s1. The molecular formula is C18H21FN6. The van der Waals surface area contributed by atoms with Crippen molar-refractivity contribution in [2.45, 2.75) is 44.8 Å². The van der Waals surface area contributed by atoms with Crippen molar-refractivity contribution in [1.82, 2.24) is 15.0 Å². The minimum Gasteiger partial charge on any atom is -0.353 e. The smallest absolute Gasteiger partial charge is 0.228 e. The first-order valence-corrected chi connectivity index (χ1v) is 8.52. The molecule has 1 aliphatic rings. The number of aromatic nitrogens is 3. The van der Waals surface area contributed by atoms with Gasteiger partial charge < -0.3 is 10.6 Å². The molecule has 2 atom stereocenters. The fourth-order valence-corrected chi connectivity index (χ4v) is 3.00. The third-order valence-electron chi connectivity index (χ3n) is 4.20. The maximum atomic E-state index is 13.7. The van der Waals surface area contributed by atoms with Gasteiger partial charge in [0.1, 0.15) is 0 Å². The fourth-order valence-electron chi connectivity index (χ4n) is 3.00. The van der Waals surface area contributed by atoms with Gasteiger partial charge in [-0.1, -0.05) is 24.3 Å². The average molecular weight is 340 g/mol. The van der Waals surface area contributed by atoms with E-state index in [1.165, 1.54) is 18.1 Å². The zero-order chi connectivity index (χ0) is 17.6. The number of nitrogens with zero attached hydrogens (tertiary/aromatic N) is 4. The van der Waals surface area contributed by atoms with Crippen molar-refractivity contribution in [3.8, 4) is 6.07 Å². The van der Waals surface area contributed by atoms with Crippen molar-refractivity contribution in [3.05, 3.63) is 41.2 Å². The zero-order valence-electron chi connectivity index (χ0n) is 14.2. The molecule has 1 heterocycles. The van der Waals surface area contributed by atoms with Gasteiger partial charge in [-0.25, -0.2) is 4.39 Å². The number of alkyl halides is 1. The predicted octanol–water partition coefficient (Wildman–Crippen LogP) is 3.72. The summed E-state index contributed by atoms with van der Waals surface area (Å²) in [5.41, 5.74) is 2.56. The Balaban J connectivity index is 1.83. The molecule has 130 valence electrons. The Kier molecular flexibility index (Phi) is 5.39. The lowest BCUT2D eigenvalue weighted by Gasteiger charge is -2.26. The molecule has 1 aromatic heterocycles. The maximum Gasteiger partial charge on any atom is 0.228 e. The highest BCUT2D eigenvalue weighted by molar-refractivity contribution is 5.41. The van der Waals surface area contributed by atoms with Crippen LogP contribution < -0.4 is 10.6 Å². The molecule has 25 heavy (non-hydrogen) atoms. The molecule has 7 heteroatoms. The molecule has 1 aromatic carbocycles. The molecule has 1 aliphatic carbocycles. The molecule has 0 saturated heterocycles. The van der Waals surface area contributed by atoms with Gasteiger partial charge in [0.15, 0.2) is 12.0 Å². The Morgan fingerprint density at radius 1 is 1.28 bits per heavy atom. The summed E-state index contributed by atoms with van der Waals surface area (Å²) in [6.07, 6.45) is 2.16. The Labute approximate surface area is 146 Å². The number of rotatable bonds is 6. The molecule has 0 amide bonds. The van der Waals surface area contributed by atoms with E-state index in [4.69, 9.17) is 5.26 Å². The van der Waals surface area contributed by atoms with E-state index in [1.54, 1.807) is 0 Å². The number of aryl methyl sites for hydroxylation is 1. The molecule has 0 bridgehead atoms. The summed E-state index contributed by atoms with van der Waals surface area (Å²) in [7, 11) is 0. The molecule has 0 spiro atoms. The second kappa shape index (κ2) is 7.88. The fraction of sp³-hybridized carbons (Fsp3) is 0.444. The largest absolute Gasteiger partial charge is 0.353 e. The minimum atomic E-state index is -1.29. The van der Waals surface area contributed by atoms with E-state index in [1.807, 2.05) is 18.2 Å². The third-order valence-corrected chi connectivity index (χ3v) is 4.20. The number of nitriles is 1. The topological polar surface area (TPSA) is 86.5 Å². The van der Waals surface area contributed by atoms with Crippen LogP contribution in [0.4, 0.5) is 16.3 Å². The SMILES string of the molecule is C[C@@H](F)c1nc(NCCC#N)nc(N[C@@H]2CCCc3ccccc32)n1. The molecular weight excluding hydrogens is 319 g/mol. The predicted molar refractivity (Wildman–Crippen MR) is 93.8 cm³/mol. The minimum absolute atomic E-state index is 0.0843. The van der Waals surface area contributed by atoms with Crippen LogP contribution in [0.2, 0.25) is 0 Å². The van der Waals surface area contributed by atoms with Crippen LogP contribution in [0.15, 0.2) is 24.3 Å². The Morgan fingerprint density at radius 2 is 2.08 bits per heavy atom. The number of hydrogen-bond donors (Lipinski definition) is 2. The van der Waals surface area contributed by atoms with Gasteiger partial charge in [-0.05, 0) is 37.3 Å². The molecule has 0 saturated carbocycles. The molecule has 6 nitrogen and oxygen atoms in total. The average Bonchev–Trinajstić information content (AvgIpc) is 2.62. The van der Waals surface area contributed by atoms with E-state index in [-0.39, 0.29) is 17.8 Å². The Bertz CT molecular complexity index is 770. The van der Waals surface area contributed by atoms with Gasteiger partial charge in [0.2, 0.25) is 11.9 Å². The van der Waals surface area contributed by atoms with Crippen LogP contribution in [-0.4, -0.2) is 21.5 Å². The summed E-state index contributed by atoms with van der Waals surface area (Å²) < 4.78 is 13.7. The van der Waals surface area contributed by atoms with E-state index in [9.17, 15) is 4.39 Å². The molecule has 2 aromatic rings. The summed E-state index contributed by atoms with van der Waals surface area (Å²) in [4.78, 5) is 12.6. The van der Waals surface area contributed by atoms with Crippen LogP contribution in [0.5, 0.6) is 0 Å². The van der Waals surface area contributed by atoms with Crippen molar-refractivity contribution in [2.24, 2.45) is 0 Å². The van der Waals surface area contributed by atoms with E-state index in [0.717, 1.165) is 19.3 Å².